The van der Waals surface area contributed by atoms with Crippen molar-refractivity contribution < 1.29 is 127 Å². The lowest BCUT2D eigenvalue weighted by atomic mass is 9.86. The summed E-state index contributed by atoms with van der Waals surface area (Å²) in [6.07, 6.45) is -10.9. The molecule has 0 aliphatic heterocycles. The van der Waals surface area contributed by atoms with Gasteiger partial charge in [-0.1, -0.05) is 0 Å². The normalized spacial score (nSPS) is 16.8. The van der Waals surface area contributed by atoms with Crippen LogP contribution in [0.3, 0.4) is 0 Å². The van der Waals surface area contributed by atoms with E-state index >= 15 is 0 Å². The van der Waals surface area contributed by atoms with Gasteiger partial charge in [-0.25, -0.2) is 8.42 Å². The Morgan fingerprint density at radius 1 is 0.509 bits per heavy atom. The molecule has 33 heteroatoms. The predicted octanol–water partition coefficient (Wildman–Crippen LogP) is 6.08. The topological polar surface area (TPSA) is 115 Å². The highest BCUT2D eigenvalue weighted by Gasteiger charge is 2.99. The summed E-state index contributed by atoms with van der Waals surface area (Å²) >= 11 is 0. The van der Waals surface area contributed by atoms with Gasteiger partial charge < -0.3 is 10.0 Å². The number of sulfonamides is 1. The van der Waals surface area contributed by atoms with E-state index < -0.39 is 134 Å². The van der Waals surface area contributed by atoms with Crippen molar-refractivity contribution in [2.75, 3.05) is 39.5 Å². The standard InChI is InChI=1S/C20H21F23N2O6S2/c1-44(2)6-4-9(8-46)45(5-3-7-52(47,48)49)53(50,51)20(42,43)18(37,38)16(33,34)14(29,30)12(25,26)10(21,22)11(23,24)13(27,28)15(31,32)17(35,36)19(39,40)41/h9,46H,3-8H2,1-2H3,(H,47,48,49). The molecule has 1 atom stereocenters. The highest BCUT2D eigenvalue weighted by molar-refractivity contribution is 7.90. The number of halogens is 23. The van der Waals surface area contributed by atoms with E-state index in [1.807, 2.05) is 0 Å². The predicted molar refractivity (Wildman–Crippen MR) is 126 cm³/mol. The van der Waals surface area contributed by atoms with Crippen LogP contribution < -0.4 is 0 Å². The van der Waals surface area contributed by atoms with Crippen molar-refractivity contribution in [3.05, 3.63) is 0 Å². The van der Waals surface area contributed by atoms with E-state index in [0.29, 0.717) is 0 Å². The van der Waals surface area contributed by atoms with E-state index in [2.05, 4.69) is 0 Å². The Bertz CT molecular complexity index is 1500. The van der Waals surface area contributed by atoms with Crippen molar-refractivity contribution in [2.45, 2.75) is 83.6 Å². The molecule has 1 unspecified atom stereocenters. The minimum atomic E-state index is -9.68. The molecule has 0 heterocycles. The summed E-state index contributed by atoms with van der Waals surface area (Å²) in [6.45, 7) is -4.56. The average Bonchev–Trinajstić information content (AvgIpc) is 2.93. The minimum absolute atomic E-state index is 0.639. The van der Waals surface area contributed by atoms with Gasteiger partial charge in [0.15, 0.2) is 0 Å². The van der Waals surface area contributed by atoms with Crippen molar-refractivity contribution in [1.82, 2.24) is 9.21 Å². The molecule has 0 aromatic heterocycles. The van der Waals surface area contributed by atoms with Crippen molar-refractivity contribution in [2.24, 2.45) is 0 Å². The number of hydrogen-bond donors (Lipinski definition) is 2. The zero-order chi connectivity index (χ0) is 43.5. The Morgan fingerprint density at radius 3 is 1.08 bits per heavy atom. The highest BCUT2D eigenvalue weighted by atomic mass is 32.2. The average molecular weight is 886 g/mol. The second-order valence-corrected chi connectivity index (χ2v) is 14.4. The third-order valence-electron chi connectivity index (χ3n) is 6.82. The molecule has 320 valence electrons. The maximum absolute atomic E-state index is 14.9. The summed E-state index contributed by atoms with van der Waals surface area (Å²) < 4.78 is 371. The molecular weight excluding hydrogens is 865 g/mol. The van der Waals surface area contributed by atoms with Crippen LogP contribution in [-0.4, -0.2) is 146 Å². The molecule has 0 rings (SSSR count). The Balaban J connectivity index is 7.60. The molecule has 0 spiro atoms. The van der Waals surface area contributed by atoms with E-state index in [1.54, 1.807) is 0 Å². The van der Waals surface area contributed by atoms with Gasteiger partial charge in [0.05, 0.1) is 12.4 Å². The molecule has 0 amide bonds. The second kappa shape index (κ2) is 14.6. The fourth-order valence-electron chi connectivity index (χ4n) is 3.69. The number of alkyl halides is 23. The smallest absolute Gasteiger partial charge is 0.395 e. The van der Waals surface area contributed by atoms with Crippen LogP contribution in [0.5, 0.6) is 0 Å². The van der Waals surface area contributed by atoms with Gasteiger partial charge in [0.2, 0.25) is 0 Å². The highest BCUT2D eigenvalue weighted by Crippen LogP contribution is 2.67. The second-order valence-electron chi connectivity index (χ2n) is 10.9. The molecular formula is C20H21F23N2O6S2. The third kappa shape index (κ3) is 7.91. The van der Waals surface area contributed by atoms with Crippen LogP contribution in [0, 0.1) is 0 Å². The SMILES string of the molecule is CN(C)CCC(CO)N(CCCS(=O)(=O)O)S(=O)(=O)C(F)(F)C(F)(F)C(F)(F)C(F)(F)C(F)(F)C(F)(F)C(F)(F)C(F)(F)C(F)(F)C(F)(F)C(F)(F)F. The molecule has 0 saturated heterocycles. The first-order chi connectivity index (χ1) is 22.7. The fraction of sp³-hybridized carbons (Fsp3) is 1.00. The lowest BCUT2D eigenvalue weighted by Crippen LogP contribution is -2.78. The molecule has 0 saturated carbocycles. The van der Waals surface area contributed by atoms with Crippen molar-refractivity contribution >= 4 is 20.1 Å². The summed E-state index contributed by atoms with van der Waals surface area (Å²) in [5.41, 5.74) is 0. The third-order valence-corrected chi connectivity index (χ3v) is 9.62. The summed E-state index contributed by atoms with van der Waals surface area (Å²) in [5, 5.41) is 1.23. The number of nitrogens with zero attached hydrogens (tertiary/aromatic N) is 2. The fourth-order valence-corrected chi connectivity index (χ4v) is 5.86. The molecule has 53 heavy (non-hydrogen) atoms. The van der Waals surface area contributed by atoms with Crippen molar-refractivity contribution in [3.63, 3.8) is 0 Å². The molecule has 2 N–H and O–H groups in total. The van der Waals surface area contributed by atoms with Crippen LogP contribution in [-0.2, 0) is 20.1 Å². The van der Waals surface area contributed by atoms with Crippen LogP contribution in [0.4, 0.5) is 101 Å². The van der Waals surface area contributed by atoms with Crippen LogP contribution >= 0.6 is 0 Å². The Morgan fingerprint density at radius 2 is 0.811 bits per heavy atom. The van der Waals surface area contributed by atoms with Gasteiger partial charge in [-0.05, 0) is 33.5 Å². The Labute approximate surface area is 280 Å². The largest absolute Gasteiger partial charge is 0.460 e. The van der Waals surface area contributed by atoms with E-state index in [9.17, 15) is 123 Å². The molecule has 0 fully saturated rings. The first-order valence-electron chi connectivity index (χ1n) is 12.8. The van der Waals surface area contributed by atoms with Crippen LogP contribution in [0.15, 0.2) is 0 Å². The van der Waals surface area contributed by atoms with E-state index in [-0.39, 0.29) is 0 Å². The van der Waals surface area contributed by atoms with E-state index in [0.717, 1.165) is 19.0 Å². The first kappa shape index (κ1) is 51.1. The lowest BCUT2D eigenvalue weighted by molar-refractivity contribution is -0.476. The van der Waals surface area contributed by atoms with Gasteiger partial charge in [0, 0.05) is 12.6 Å². The summed E-state index contributed by atoms with van der Waals surface area (Å²) in [6, 6.07) is -2.66. The number of aliphatic hydroxyl groups is 1. The van der Waals surface area contributed by atoms with Gasteiger partial charge in [0.1, 0.15) is 0 Å². The summed E-state index contributed by atoms with van der Waals surface area (Å²) in [5.74, 6) is -85.8. The quantitative estimate of drug-likeness (QED) is 0.113. The van der Waals surface area contributed by atoms with Crippen LogP contribution in [0.25, 0.3) is 0 Å². The van der Waals surface area contributed by atoms with Crippen LogP contribution in [0.1, 0.15) is 12.8 Å². The molecule has 0 aromatic carbocycles. The van der Waals surface area contributed by atoms with Gasteiger partial charge in [-0.3, -0.25) is 4.55 Å². The molecule has 0 aromatic rings. The minimum Gasteiger partial charge on any atom is -0.395 e. The number of rotatable bonds is 20. The monoisotopic (exact) mass is 886 g/mol. The molecule has 0 radical (unpaired) electrons. The van der Waals surface area contributed by atoms with Gasteiger partial charge >= 0.3 is 64.7 Å². The maximum atomic E-state index is 14.9. The van der Waals surface area contributed by atoms with Crippen LogP contribution in [0.2, 0.25) is 0 Å². The maximum Gasteiger partial charge on any atom is 0.460 e. The van der Waals surface area contributed by atoms with Crippen molar-refractivity contribution in [3.8, 4) is 0 Å². The van der Waals surface area contributed by atoms with Gasteiger partial charge in [0.25, 0.3) is 20.1 Å². The number of hydrogen-bond acceptors (Lipinski definition) is 6. The Hall–Kier alpha value is -1.87. The van der Waals surface area contributed by atoms with E-state index in [4.69, 9.17) is 4.55 Å². The lowest BCUT2D eigenvalue weighted by Gasteiger charge is -2.45. The van der Waals surface area contributed by atoms with Gasteiger partial charge in [-0.15, -0.1) is 0 Å². The molecule has 0 bridgehead atoms. The first-order valence-corrected chi connectivity index (χ1v) is 15.8. The molecule has 0 aliphatic carbocycles. The van der Waals surface area contributed by atoms with Gasteiger partial charge in [-0.2, -0.15) is 114 Å². The van der Waals surface area contributed by atoms with Crippen molar-refractivity contribution in [1.29, 1.82) is 0 Å². The summed E-state index contributed by atoms with van der Waals surface area (Å²) in [4.78, 5) is 0.967. The zero-order valence-corrected chi connectivity index (χ0v) is 26.9. The number of aliphatic hydroxyl groups excluding tert-OH is 1. The molecule has 8 nitrogen and oxygen atoms in total. The zero-order valence-electron chi connectivity index (χ0n) is 25.3. The summed E-state index contributed by atoms with van der Waals surface area (Å²) in [7, 11) is -11.2. The van der Waals surface area contributed by atoms with E-state index in [1.165, 1.54) is 0 Å². The molecule has 0 aliphatic rings. The Kier molecular flexibility index (Phi) is 14.1.